The standard InChI is InChI=1S/C11H22N2O2S/c1-3-8-16(14,15)13-7-6-10-4-5-11(9-13)12(10)2/h10-11H,3-9H2,1-2H3. The van der Waals surface area contributed by atoms with E-state index in [0.29, 0.717) is 37.3 Å². The first-order valence-electron chi connectivity index (χ1n) is 6.24. The van der Waals surface area contributed by atoms with Crippen LogP contribution in [0.5, 0.6) is 0 Å². The van der Waals surface area contributed by atoms with Gasteiger partial charge in [0.25, 0.3) is 0 Å². The highest BCUT2D eigenvalue weighted by Crippen LogP contribution is 2.29. The summed E-state index contributed by atoms with van der Waals surface area (Å²) in [6, 6.07) is 1.05. The van der Waals surface area contributed by atoms with Crippen molar-refractivity contribution in [1.29, 1.82) is 0 Å². The van der Waals surface area contributed by atoms with Crippen LogP contribution in [-0.4, -0.2) is 55.6 Å². The third kappa shape index (κ3) is 2.26. The third-order valence-corrected chi connectivity index (χ3v) is 6.01. The summed E-state index contributed by atoms with van der Waals surface area (Å²) in [5.74, 6) is 0.300. The number of rotatable bonds is 3. The first kappa shape index (κ1) is 12.3. The molecule has 2 aliphatic rings. The molecule has 94 valence electrons. The molecular weight excluding hydrogens is 224 g/mol. The van der Waals surface area contributed by atoms with Crippen molar-refractivity contribution in [3.05, 3.63) is 0 Å². The van der Waals surface area contributed by atoms with Gasteiger partial charge in [0.1, 0.15) is 0 Å². The Kier molecular flexibility index (Phi) is 3.56. The van der Waals surface area contributed by atoms with Gasteiger partial charge in [-0.1, -0.05) is 6.92 Å². The molecule has 2 atom stereocenters. The highest BCUT2D eigenvalue weighted by Gasteiger charge is 2.37. The Labute approximate surface area is 98.7 Å². The second-order valence-corrected chi connectivity index (χ2v) is 7.10. The molecule has 16 heavy (non-hydrogen) atoms. The van der Waals surface area contributed by atoms with Gasteiger partial charge in [0.2, 0.25) is 10.0 Å². The summed E-state index contributed by atoms with van der Waals surface area (Å²) >= 11 is 0. The highest BCUT2D eigenvalue weighted by atomic mass is 32.2. The number of likely N-dealkylation sites (N-methyl/N-ethyl adjacent to an activating group) is 1. The molecule has 0 radical (unpaired) electrons. The molecule has 2 saturated heterocycles. The molecule has 4 nitrogen and oxygen atoms in total. The van der Waals surface area contributed by atoms with Crippen LogP contribution in [0.25, 0.3) is 0 Å². The van der Waals surface area contributed by atoms with Crippen molar-refractivity contribution in [2.75, 3.05) is 25.9 Å². The van der Waals surface area contributed by atoms with Gasteiger partial charge < -0.3 is 0 Å². The van der Waals surface area contributed by atoms with Crippen molar-refractivity contribution in [3.8, 4) is 0 Å². The normalized spacial score (nSPS) is 32.9. The Balaban J connectivity index is 2.09. The molecule has 2 heterocycles. The molecule has 2 bridgehead atoms. The second kappa shape index (κ2) is 4.63. The lowest BCUT2D eigenvalue weighted by molar-refractivity contribution is 0.246. The van der Waals surface area contributed by atoms with Gasteiger partial charge in [0.15, 0.2) is 0 Å². The Hall–Kier alpha value is -0.130. The summed E-state index contributed by atoms with van der Waals surface area (Å²) in [6.45, 7) is 3.34. The monoisotopic (exact) mass is 246 g/mol. The molecular formula is C11H22N2O2S. The van der Waals surface area contributed by atoms with Crippen molar-refractivity contribution >= 4 is 10.0 Å². The van der Waals surface area contributed by atoms with E-state index in [2.05, 4.69) is 11.9 Å². The third-order valence-electron chi connectivity index (χ3n) is 3.97. The number of nitrogens with zero attached hydrogens (tertiary/aromatic N) is 2. The van der Waals surface area contributed by atoms with E-state index in [4.69, 9.17) is 0 Å². The highest BCUT2D eigenvalue weighted by molar-refractivity contribution is 7.89. The maximum atomic E-state index is 12.0. The molecule has 2 fully saturated rings. The zero-order valence-electron chi connectivity index (χ0n) is 10.2. The van der Waals surface area contributed by atoms with Crippen LogP contribution in [0.4, 0.5) is 0 Å². The van der Waals surface area contributed by atoms with Crippen LogP contribution in [0.3, 0.4) is 0 Å². The number of sulfonamides is 1. The maximum Gasteiger partial charge on any atom is 0.214 e. The summed E-state index contributed by atoms with van der Waals surface area (Å²) in [6.07, 6.45) is 4.10. The summed E-state index contributed by atoms with van der Waals surface area (Å²) in [7, 11) is -0.859. The topological polar surface area (TPSA) is 40.6 Å². The van der Waals surface area contributed by atoms with E-state index in [1.165, 1.54) is 6.42 Å². The van der Waals surface area contributed by atoms with Crippen molar-refractivity contribution in [2.24, 2.45) is 0 Å². The molecule has 2 aliphatic heterocycles. The van der Waals surface area contributed by atoms with Gasteiger partial charge in [-0.15, -0.1) is 0 Å². The largest absolute Gasteiger partial charge is 0.299 e. The van der Waals surface area contributed by atoms with Gasteiger partial charge in [0, 0.05) is 25.2 Å². The summed E-state index contributed by atoms with van der Waals surface area (Å²) in [5.41, 5.74) is 0. The van der Waals surface area contributed by atoms with Crippen molar-refractivity contribution in [2.45, 2.75) is 44.7 Å². The molecule has 5 heteroatoms. The lowest BCUT2D eigenvalue weighted by Gasteiger charge is -2.25. The quantitative estimate of drug-likeness (QED) is 0.743. The molecule has 0 aromatic carbocycles. The molecule has 0 aromatic rings. The van der Waals surface area contributed by atoms with Gasteiger partial charge in [0.05, 0.1) is 5.75 Å². The number of hydrogen-bond acceptors (Lipinski definition) is 3. The smallest absolute Gasteiger partial charge is 0.214 e. The van der Waals surface area contributed by atoms with Crippen molar-refractivity contribution < 1.29 is 8.42 Å². The second-order valence-electron chi connectivity index (χ2n) is 5.01. The van der Waals surface area contributed by atoms with Gasteiger partial charge in [-0.25, -0.2) is 12.7 Å². The van der Waals surface area contributed by atoms with Crippen LogP contribution in [0.15, 0.2) is 0 Å². The molecule has 2 unspecified atom stereocenters. The van der Waals surface area contributed by atoms with Crippen LogP contribution in [-0.2, 0) is 10.0 Å². The van der Waals surface area contributed by atoms with E-state index >= 15 is 0 Å². The molecule has 0 aliphatic carbocycles. The van der Waals surface area contributed by atoms with E-state index < -0.39 is 10.0 Å². The van der Waals surface area contributed by atoms with Gasteiger partial charge in [-0.2, -0.15) is 0 Å². The lowest BCUT2D eigenvalue weighted by atomic mass is 10.1. The van der Waals surface area contributed by atoms with Gasteiger partial charge >= 0.3 is 0 Å². The van der Waals surface area contributed by atoms with Gasteiger partial charge in [-0.05, 0) is 32.7 Å². The van der Waals surface area contributed by atoms with Crippen molar-refractivity contribution in [1.82, 2.24) is 9.21 Å². The zero-order chi connectivity index (χ0) is 11.8. The zero-order valence-corrected chi connectivity index (χ0v) is 11.0. The molecule has 0 aromatic heterocycles. The molecule has 0 saturated carbocycles. The minimum absolute atomic E-state index is 0.300. The summed E-state index contributed by atoms with van der Waals surface area (Å²) in [4.78, 5) is 2.38. The van der Waals surface area contributed by atoms with Crippen LogP contribution in [0.2, 0.25) is 0 Å². The fraction of sp³-hybridized carbons (Fsp3) is 1.00. The summed E-state index contributed by atoms with van der Waals surface area (Å²) < 4.78 is 25.8. The number of fused-ring (bicyclic) bond motifs is 2. The minimum Gasteiger partial charge on any atom is -0.299 e. The molecule has 0 amide bonds. The van der Waals surface area contributed by atoms with Crippen molar-refractivity contribution in [3.63, 3.8) is 0 Å². The Morgan fingerprint density at radius 1 is 1.19 bits per heavy atom. The Bertz CT molecular complexity index is 342. The van der Waals surface area contributed by atoms with E-state index in [1.807, 2.05) is 6.92 Å². The lowest BCUT2D eigenvalue weighted by Crippen LogP contribution is -2.40. The van der Waals surface area contributed by atoms with Gasteiger partial charge in [-0.3, -0.25) is 4.90 Å². The predicted octanol–water partition coefficient (Wildman–Crippen LogP) is 0.895. The average Bonchev–Trinajstić information content (AvgIpc) is 2.39. The van der Waals surface area contributed by atoms with Crippen LogP contribution >= 0.6 is 0 Å². The predicted molar refractivity (Wildman–Crippen MR) is 64.8 cm³/mol. The maximum absolute atomic E-state index is 12.0. The van der Waals surface area contributed by atoms with E-state index in [0.717, 1.165) is 12.8 Å². The Morgan fingerprint density at radius 2 is 1.88 bits per heavy atom. The summed E-state index contributed by atoms with van der Waals surface area (Å²) in [5, 5.41) is 0. The van der Waals surface area contributed by atoms with E-state index in [1.54, 1.807) is 4.31 Å². The fourth-order valence-electron chi connectivity index (χ4n) is 2.92. The van der Waals surface area contributed by atoms with E-state index in [9.17, 15) is 8.42 Å². The first-order valence-corrected chi connectivity index (χ1v) is 7.85. The fourth-order valence-corrected chi connectivity index (χ4v) is 4.47. The Morgan fingerprint density at radius 3 is 2.56 bits per heavy atom. The van der Waals surface area contributed by atoms with E-state index in [-0.39, 0.29) is 0 Å². The SMILES string of the molecule is CCCS(=O)(=O)N1CCC2CCC(C1)N2C. The first-order chi connectivity index (χ1) is 7.54. The van der Waals surface area contributed by atoms with Crippen LogP contribution < -0.4 is 0 Å². The minimum atomic E-state index is -3.00. The molecule has 0 N–H and O–H groups in total. The molecule has 0 spiro atoms. The van der Waals surface area contributed by atoms with Crippen LogP contribution in [0.1, 0.15) is 32.6 Å². The number of hydrogen-bond donors (Lipinski definition) is 0. The van der Waals surface area contributed by atoms with Crippen LogP contribution in [0, 0.1) is 0 Å². The average molecular weight is 246 g/mol. The molecule has 2 rings (SSSR count).